The molecule has 0 saturated carbocycles. The van der Waals surface area contributed by atoms with E-state index in [0.29, 0.717) is 16.5 Å². The minimum Gasteiger partial charge on any atom is -0.507 e. The number of hydrogen-bond acceptors (Lipinski definition) is 3. The number of para-hydroxylation sites is 1. The van der Waals surface area contributed by atoms with Crippen LogP contribution in [-0.4, -0.2) is 21.8 Å². The van der Waals surface area contributed by atoms with Gasteiger partial charge in [-0.3, -0.25) is 14.5 Å². The van der Waals surface area contributed by atoms with Crippen LogP contribution < -0.4 is 4.90 Å². The zero-order valence-electron chi connectivity index (χ0n) is 17.5. The van der Waals surface area contributed by atoms with Crippen LogP contribution in [0.25, 0.3) is 16.7 Å². The van der Waals surface area contributed by atoms with Crippen molar-refractivity contribution in [1.29, 1.82) is 0 Å². The second-order valence-corrected chi connectivity index (χ2v) is 7.87. The van der Waals surface area contributed by atoms with Gasteiger partial charge in [-0.1, -0.05) is 42.5 Å². The summed E-state index contributed by atoms with van der Waals surface area (Å²) in [5.41, 5.74) is 2.37. The summed E-state index contributed by atoms with van der Waals surface area (Å²) >= 11 is 0. The molecule has 1 aliphatic heterocycles. The first-order chi connectivity index (χ1) is 15.9. The van der Waals surface area contributed by atoms with Crippen molar-refractivity contribution < 1.29 is 23.5 Å². The van der Waals surface area contributed by atoms with Gasteiger partial charge in [0.2, 0.25) is 0 Å². The maximum absolute atomic E-state index is 14.1. The molecule has 2 heterocycles. The number of carbonyl (C=O) groups is 2. The highest BCUT2D eigenvalue weighted by molar-refractivity contribution is 6.51. The van der Waals surface area contributed by atoms with Crippen molar-refractivity contribution in [3.05, 3.63) is 107 Å². The zero-order valence-corrected chi connectivity index (χ0v) is 17.5. The Labute approximate surface area is 187 Å². The number of aromatic amines is 1. The smallest absolute Gasteiger partial charge is 0.300 e. The highest BCUT2D eigenvalue weighted by atomic mass is 19.2. The quantitative estimate of drug-likeness (QED) is 0.253. The van der Waals surface area contributed by atoms with E-state index < -0.39 is 29.4 Å². The molecule has 7 heteroatoms. The third-order valence-corrected chi connectivity index (χ3v) is 5.95. The molecule has 5 nitrogen and oxygen atoms in total. The van der Waals surface area contributed by atoms with Gasteiger partial charge in [0.25, 0.3) is 11.7 Å². The van der Waals surface area contributed by atoms with E-state index in [4.69, 9.17) is 0 Å². The van der Waals surface area contributed by atoms with E-state index in [2.05, 4.69) is 4.98 Å². The second-order valence-electron chi connectivity index (χ2n) is 7.87. The van der Waals surface area contributed by atoms with Crippen LogP contribution in [0, 0.1) is 18.6 Å². The van der Waals surface area contributed by atoms with Crippen molar-refractivity contribution in [2.45, 2.75) is 13.0 Å². The molecule has 0 bridgehead atoms. The number of anilines is 1. The Bertz CT molecular complexity index is 1470. The van der Waals surface area contributed by atoms with E-state index in [1.165, 1.54) is 6.07 Å². The summed E-state index contributed by atoms with van der Waals surface area (Å²) in [5, 5.41) is 12.0. The largest absolute Gasteiger partial charge is 0.507 e. The Balaban J connectivity index is 1.78. The lowest BCUT2D eigenvalue weighted by Gasteiger charge is -2.26. The van der Waals surface area contributed by atoms with Crippen LogP contribution in [0.2, 0.25) is 0 Å². The standard InChI is InChI=1S/C26H18F2N2O3/c1-14-6-2-3-7-16(14)23-22(24(31)18-13-29-21-9-5-4-8-17(18)21)25(32)26(33)30(23)15-10-11-19(27)20(28)12-15/h2-13,23,29,31H,1H3/b24-22+. The molecule has 3 aromatic carbocycles. The molecule has 1 saturated heterocycles. The van der Waals surface area contributed by atoms with Crippen molar-refractivity contribution in [3.8, 4) is 0 Å². The number of aromatic nitrogens is 1. The van der Waals surface area contributed by atoms with Crippen LogP contribution in [0.1, 0.15) is 22.7 Å². The number of aliphatic hydroxyl groups is 1. The van der Waals surface area contributed by atoms with E-state index in [9.17, 15) is 23.5 Å². The molecule has 0 radical (unpaired) electrons. The van der Waals surface area contributed by atoms with Crippen molar-refractivity contribution in [2.75, 3.05) is 4.90 Å². The summed E-state index contributed by atoms with van der Waals surface area (Å²) in [6.45, 7) is 1.81. The first kappa shape index (κ1) is 20.6. The molecule has 1 amide bonds. The number of aryl methyl sites for hydroxylation is 1. The lowest BCUT2D eigenvalue weighted by Crippen LogP contribution is -2.30. The lowest BCUT2D eigenvalue weighted by molar-refractivity contribution is -0.132. The average molecular weight is 444 g/mol. The molecule has 1 aromatic heterocycles. The van der Waals surface area contributed by atoms with Crippen molar-refractivity contribution >= 4 is 34.0 Å². The number of amides is 1. The van der Waals surface area contributed by atoms with E-state index in [1.807, 2.05) is 31.2 Å². The minimum atomic E-state index is -1.14. The van der Waals surface area contributed by atoms with E-state index in [-0.39, 0.29) is 17.0 Å². The molecule has 0 spiro atoms. The predicted molar refractivity (Wildman–Crippen MR) is 121 cm³/mol. The summed E-state index contributed by atoms with van der Waals surface area (Å²) in [6.07, 6.45) is 1.57. The first-order valence-electron chi connectivity index (χ1n) is 10.3. The van der Waals surface area contributed by atoms with Gasteiger partial charge in [-0.15, -0.1) is 0 Å². The SMILES string of the molecule is Cc1ccccc1C1/C(=C(\O)c2c[nH]c3ccccc23)C(=O)C(=O)N1c1ccc(F)c(F)c1. The highest BCUT2D eigenvalue weighted by Crippen LogP contribution is 2.44. The number of carbonyl (C=O) groups excluding carboxylic acids is 2. The van der Waals surface area contributed by atoms with Gasteiger partial charge in [0.1, 0.15) is 5.76 Å². The molecule has 5 rings (SSSR count). The number of nitrogens with zero attached hydrogens (tertiary/aromatic N) is 1. The summed E-state index contributed by atoms with van der Waals surface area (Å²) in [6, 6.07) is 16.3. The minimum absolute atomic E-state index is 0.0160. The van der Waals surface area contributed by atoms with Crippen LogP contribution in [0.4, 0.5) is 14.5 Å². The lowest BCUT2D eigenvalue weighted by atomic mass is 9.92. The molecule has 1 aliphatic rings. The van der Waals surface area contributed by atoms with Gasteiger partial charge in [0.05, 0.1) is 11.6 Å². The number of fused-ring (bicyclic) bond motifs is 1. The Kier molecular flexibility index (Phi) is 4.82. The van der Waals surface area contributed by atoms with E-state index in [0.717, 1.165) is 28.1 Å². The molecule has 164 valence electrons. The van der Waals surface area contributed by atoms with Gasteiger partial charge in [-0.05, 0) is 36.2 Å². The predicted octanol–water partition coefficient (Wildman–Crippen LogP) is 5.38. The zero-order chi connectivity index (χ0) is 23.3. The molecule has 33 heavy (non-hydrogen) atoms. The number of rotatable bonds is 3. The number of halogens is 2. The molecule has 1 atom stereocenters. The third kappa shape index (κ3) is 3.20. The fourth-order valence-electron chi connectivity index (χ4n) is 4.33. The average Bonchev–Trinajstić information content (AvgIpc) is 3.35. The van der Waals surface area contributed by atoms with Crippen LogP contribution in [-0.2, 0) is 9.59 Å². The molecule has 1 fully saturated rings. The van der Waals surface area contributed by atoms with E-state index in [1.54, 1.807) is 30.5 Å². The highest BCUT2D eigenvalue weighted by Gasteiger charge is 2.47. The number of H-pyrrole nitrogens is 1. The summed E-state index contributed by atoms with van der Waals surface area (Å²) in [4.78, 5) is 30.5. The Morgan fingerprint density at radius 1 is 0.970 bits per heavy atom. The second kappa shape index (κ2) is 7.70. The number of nitrogens with one attached hydrogen (secondary N) is 1. The topological polar surface area (TPSA) is 73.4 Å². The van der Waals surface area contributed by atoms with Gasteiger partial charge in [-0.25, -0.2) is 8.78 Å². The van der Waals surface area contributed by atoms with Crippen LogP contribution in [0.5, 0.6) is 0 Å². The summed E-state index contributed by atoms with van der Waals surface area (Å²) in [5.74, 6) is -4.40. The number of hydrogen-bond donors (Lipinski definition) is 2. The molecular weight excluding hydrogens is 426 g/mol. The Morgan fingerprint density at radius 2 is 1.70 bits per heavy atom. The number of ketones is 1. The van der Waals surface area contributed by atoms with Gasteiger partial charge in [0.15, 0.2) is 11.6 Å². The number of Topliss-reactive ketones (excluding diaryl/α,β-unsaturated/α-hetero) is 1. The van der Waals surface area contributed by atoms with Gasteiger partial charge in [0, 0.05) is 34.4 Å². The number of benzene rings is 3. The maximum Gasteiger partial charge on any atom is 0.300 e. The fourth-order valence-corrected chi connectivity index (χ4v) is 4.33. The van der Waals surface area contributed by atoms with Crippen molar-refractivity contribution in [1.82, 2.24) is 4.98 Å². The molecule has 0 aliphatic carbocycles. The first-order valence-corrected chi connectivity index (χ1v) is 10.3. The third-order valence-electron chi connectivity index (χ3n) is 5.95. The fraction of sp³-hybridized carbons (Fsp3) is 0.0769. The molecule has 4 aromatic rings. The van der Waals surface area contributed by atoms with Gasteiger partial charge < -0.3 is 10.1 Å². The Hall–Kier alpha value is -4.26. The van der Waals surface area contributed by atoms with Crippen LogP contribution >= 0.6 is 0 Å². The molecule has 1 unspecified atom stereocenters. The van der Waals surface area contributed by atoms with Gasteiger partial charge in [-0.2, -0.15) is 0 Å². The van der Waals surface area contributed by atoms with E-state index >= 15 is 0 Å². The van der Waals surface area contributed by atoms with Crippen molar-refractivity contribution in [2.24, 2.45) is 0 Å². The molecular formula is C26H18F2N2O3. The maximum atomic E-state index is 14.1. The summed E-state index contributed by atoms with van der Waals surface area (Å²) < 4.78 is 27.6. The monoisotopic (exact) mass is 444 g/mol. The normalized spacial score (nSPS) is 17.8. The van der Waals surface area contributed by atoms with Crippen LogP contribution in [0.3, 0.4) is 0 Å². The van der Waals surface area contributed by atoms with Crippen LogP contribution in [0.15, 0.2) is 78.5 Å². The summed E-state index contributed by atoms with van der Waals surface area (Å²) in [7, 11) is 0. The van der Waals surface area contributed by atoms with Gasteiger partial charge >= 0.3 is 0 Å². The van der Waals surface area contributed by atoms with Crippen molar-refractivity contribution in [3.63, 3.8) is 0 Å². The number of aliphatic hydroxyl groups excluding tert-OH is 1. The Morgan fingerprint density at radius 3 is 2.45 bits per heavy atom. The molecule has 2 N–H and O–H groups in total.